The van der Waals surface area contributed by atoms with Crippen molar-refractivity contribution in [3.05, 3.63) is 46.2 Å². The van der Waals surface area contributed by atoms with E-state index in [1.54, 1.807) is 0 Å². The highest BCUT2D eigenvalue weighted by atomic mass is 15.3. The molecule has 6 nitrogen and oxygen atoms in total. The first-order valence-electron chi connectivity index (χ1n) is 8.45. The summed E-state index contributed by atoms with van der Waals surface area (Å²) in [6.45, 7) is 10.2. The maximum Gasteiger partial charge on any atom is 0.159 e. The molecule has 0 aliphatic heterocycles. The Balaban J connectivity index is 1.62. The van der Waals surface area contributed by atoms with Crippen LogP contribution in [0.25, 0.3) is 5.65 Å². The van der Waals surface area contributed by atoms with Gasteiger partial charge in [-0.15, -0.1) is 0 Å². The number of H-pyrrole nitrogens is 1. The van der Waals surface area contributed by atoms with Crippen LogP contribution in [-0.2, 0) is 13.0 Å². The second-order valence-corrected chi connectivity index (χ2v) is 6.70. The van der Waals surface area contributed by atoms with Crippen molar-refractivity contribution in [2.75, 3.05) is 13.6 Å². The highest BCUT2D eigenvalue weighted by Crippen LogP contribution is 2.15. The molecule has 0 fully saturated rings. The van der Waals surface area contributed by atoms with E-state index in [2.05, 4.69) is 59.1 Å². The van der Waals surface area contributed by atoms with Crippen LogP contribution in [0, 0.1) is 27.7 Å². The Labute approximate surface area is 142 Å². The van der Waals surface area contributed by atoms with Gasteiger partial charge < -0.3 is 4.90 Å². The van der Waals surface area contributed by atoms with Crippen LogP contribution in [0.15, 0.2) is 12.3 Å². The van der Waals surface area contributed by atoms with Gasteiger partial charge in [0.05, 0.1) is 11.9 Å². The average molecular weight is 326 g/mol. The van der Waals surface area contributed by atoms with Crippen LogP contribution in [0.5, 0.6) is 0 Å². The second-order valence-electron chi connectivity index (χ2n) is 6.70. The van der Waals surface area contributed by atoms with E-state index in [0.717, 1.165) is 48.7 Å². The molecule has 6 heteroatoms. The van der Waals surface area contributed by atoms with Gasteiger partial charge in [-0.2, -0.15) is 10.2 Å². The summed E-state index contributed by atoms with van der Waals surface area (Å²) in [5, 5.41) is 11.8. The van der Waals surface area contributed by atoms with Crippen molar-refractivity contribution < 1.29 is 0 Å². The molecule has 0 saturated heterocycles. The minimum Gasteiger partial charge on any atom is -0.302 e. The molecular formula is C18H26N6. The van der Waals surface area contributed by atoms with E-state index in [1.165, 1.54) is 16.8 Å². The molecule has 3 aromatic rings. The molecule has 0 unspecified atom stereocenters. The fourth-order valence-corrected chi connectivity index (χ4v) is 3.27. The summed E-state index contributed by atoms with van der Waals surface area (Å²) in [4.78, 5) is 6.99. The largest absolute Gasteiger partial charge is 0.302 e. The van der Waals surface area contributed by atoms with Crippen molar-refractivity contribution in [2.45, 2.75) is 47.1 Å². The number of hydrogen-bond donors (Lipinski definition) is 1. The van der Waals surface area contributed by atoms with Gasteiger partial charge in [0.15, 0.2) is 5.65 Å². The van der Waals surface area contributed by atoms with Crippen molar-refractivity contribution in [1.82, 2.24) is 29.7 Å². The smallest absolute Gasteiger partial charge is 0.159 e. The number of rotatable bonds is 6. The van der Waals surface area contributed by atoms with Gasteiger partial charge in [0.2, 0.25) is 0 Å². The summed E-state index contributed by atoms with van der Waals surface area (Å²) >= 11 is 0. The van der Waals surface area contributed by atoms with Crippen molar-refractivity contribution in [2.24, 2.45) is 0 Å². The highest BCUT2D eigenvalue weighted by Gasteiger charge is 2.11. The zero-order valence-electron chi connectivity index (χ0n) is 15.2. The molecular weight excluding hydrogens is 300 g/mol. The van der Waals surface area contributed by atoms with Crippen LogP contribution in [0.4, 0.5) is 0 Å². The first kappa shape index (κ1) is 16.6. The number of aryl methyl sites for hydroxylation is 4. The summed E-state index contributed by atoms with van der Waals surface area (Å²) in [5.41, 5.74) is 7.97. The predicted octanol–water partition coefficient (Wildman–Crippen LogP) is 2.75. The molecule has 128 valence electrons. The molecule has 0 radical (unpaired) electrons. The molecule has 0 saturated carbocycles. The third-order valence-corrected chi connectivity index (χ3v) is 4.54. The monoisotopic (exact) mass is 326 g/mol. The molecule has 0 aromatic carbocycles. The topological polar surface area (TPSA) is 62.1 Å². The molecule has 0 aliphatic rings. The van der Waals surface area contributed by atoms with Gasteiger partial charge in [-0.3, -0.25) is 5.10 Å². The third kappa shape index (κ3) is 3.33. The van der Waals surface area contributed by atoms with Crippen molar-refractivity contribution in [3.63, 3.8) is 0 Å². The Hall–Kier alpha value is -2.21. The maximum atomic E-state index is 4.66. The van der Waals surface area contributed by atoms with E-state index in [0.29, 0.717) is 0 Å². The van der Waals surface area contributed by atoms with Crippen LogP contribution >= 0.6 is 0 Å². The number of hydrogen-bond acceptors (Lipinski definition) is 4. The van der Waals surface area contributed by atoms with Gasteiger partial charge in [0.1, 0.15) is 0 Å². The van der Waals surface area contributed by atoms with Crippen molar-refractivity contribution in [3.8, 4) is 0 Å². The Morgan fingerprint density at radius 3 is 2.71 bits per heavy atom. The lowest BCUT2D eigenvalue weighted by molar-refractivity contribution is 0.323. The van der Waals surface area contributed by atoms with Gasteiger partial charge in [-0.05, 0) is 65.8 Å². The van der Waals surface area contributed by atoms with E-state index < -0.39 is 0 Å². The zero-order valence-corrected chi connectivity index (χ0v) is 15.2. The minimum absolute atomic E-state index is 0.864. The average Bonchev–Trinajstić information content (AvgIpc) is 3.05. The first-order valence-corrected chi connectivity index (χ1v) is 8.45. The molecule has 0 amide bonds. The van der Waals surface area contributed by atoms with Crippen molar-refractivity contribution in [1.29, 1.82) is 0 Å². The number of aromatic nitrogens is 5. The Morgan fingerprint density at radius 2 is 2.00 bits per heavy atom. The van der Waals surface area contributed by atoms with Crippen molar-refractivity contribution >= 4 is 5.65 Å². The minimum atomic E-state index is 0.864. The van der Waals surface area contributed by atoms with E-state index in [1.807, 2.05) is 17.6 Å². The normalized spacial score (nSPS) is 11.8. The fourth-order valence-electron chi connectivity index (χ4n) is 3.27. The van der Waals surface area contributed by atoms with Crippen LogP contribution in [0.3, 0.4) is 0 Å². The molecule has 0 bridgehead atoms. The first-order chi connectivity index (χ1) is 11.5. The lowest BCUT2D eigenvalue weighted by Crippen LogP contribution is -2.19. The predicted molar refractivity (Wildman–Crippen MR) is 95.2 cm³/mol. The zero-order chi connectivity index (χ0) is 17.3. The van der Waals surface area contributed by atoms with Crippen LogP contribution < -0.4 is 0 Å². The van der Waals surface area contributed by atoms with E-state index in [9.17, 15) is 0 Å². The summed E-state index contributed by atoms with van der Waals surface area (Å²) < 4.78 is 1.92. The van der Waals surface area contributed by atoms with Gasteiger partial charge in [0, 0.05) is 29.2 Å². The standard InChI is InChI=1S/C18H26N6/c1-12-9-13(2)24-18(20-12)16(10-19-24)11-23(5)8-6-7-17-14(3)21-22-15(17)4/h9-10H,6-8,11H2,1-5H3,(H,21,22). The molecule has 0 aliphatic carbocycles. The molecule has 0 spiro atoms. The molecule has 24 heavy (non-hydrogen) atoms. The second kappa shape index (κ2) is 6.73. The quantitative estimate of drug-likeness (QED) is 0.756. The Bertz CT molecular complexity index is 825. The number of nitrogens with zero attached hydrogens (tertiary/aromatic N) is 5. The molecule has 0 atom stereocenters. The summed E-state index contributed by atoms with van der Waals surface area (Å²) in [6, 6.07) is 2.06. The lowest BCUT2D eigenvalue weighted by Gasteiger charge is -2.15. The van der Waals surface area contributed by atoms with E-state index >= 15 is 0 Å². The van der Waals surface area contributed by atoms with Crippen LogP contribution in [0.2, 0.25) is 0 Å². The fraction of sp³-hybridized carbons (Fsp3) is 0.500. The van der Waals surface area contributed by atoms with Gasteiger partial charge in [0.25, 0.3) is 0 Å². The number of aromatic amines is 1. The van der Waals surface area contributed by atoms with E-state index in [-0.39, 0.29) is 0 Å². The third-order valence-electron chi connectivity index (χ3n) is 4.54. The Morgan fingerprint density at radius 1 is 1.21 bits per heavy atom. The summed E-state index contributed by atoms with van der Waals surface area (Å²) in [5.74, 6) is 0. The molecule has 1 N–H and O–H groups in total. The number of nitrogens with one attached hydrogen (secondary N) is 1. The SMILES string of the molecule is Cc1cc(C)n2ncc(CN(C)CCCc3c(C)n[nH]c3C)c2n1. The van der Waals surface area contributed by atoms with Gasteiger partial charge in [-0.1, -0.05) is 0 Å². The lowest BCUT2D eigenvalue weighted by atomic mass is 10.1. The van der Waals surface area contributed by atoms with Gasteiger partial charge >= 0.3 is 0 Å². The van der Waals surface area contributed by atoms with Gasteiger partial charge in [-0.25, -0.2) is 9.50 Å². The highest BCUT2D eigenvalue weighted by molar-refractivity contribution is 5.47. The van der Waals surface area contributed by atoms with Crippen LogP contribution in [0.1, 0.15) is 40.3 Å². The molecule has 3 heterocycles. The van der Waals surface area contributed by atoms with E-state index in [4.69, 9.17) is 0 Å². The van der Waals surface area contributed by atoms with Crippen LogP contribution in [-0.4, -0.2) is 43.3 Å². The summed E-state index contributed by atoms with van der Waals surface area (Å²) in [7, 11) is 2.15. The Kier molecular flexibility index (Phi) is 4.66. The maximum absolute atomic E-state index is 4.66. The molecule has 3 aromatic heterocycles. The molecule has 3 rings (SSSR count). The number of fused-ring (bicyclic) bond motifs is 1. The summed E-state index contributed by atoms with van der Waals surface area (Å²) in [6.07, 6.45) is 4.11.